The molecule has 1 saturated heterocycles. The Bertz CT molecular complexity index is 754. The van der Waals surface area contributed by atoms with Crippen molar-refractivity contribution in [1.82, 2.24) is 20.6 Å². The van der Waals surface area contributed by atoms with Crippen LogP contribution in [0.1, 0.15) is 36.6 Å². The third kappa shape index (κ3) is 6.32. The molecule has 1 aliphatic rings. The highest BCUT2D eigenvalue weighted by Gasteiger charge is 2.20. The summed E-state index contributed by atoms with van der Waals surface area (Å²) in [6.07, 6.45) is 5.91. The molecule has 1 aliphatic heterocycles. The van der Waals surface area contributed by atoms with Crippen molar-refractivity contribution in [2.24, 2.45) is 4.99 Å². The van der Waals surface area contributed by atoms with Crippen molar-refractivity contribution in [3.63, 3.8) is 0 Å². The van der Waals surface area contributed by atoms with Gasteiger partial charge in [-0.1, -0.05) is 12.1 Å². The first-order valence-electron chi connectivity index (χ1n) is 9.78. The Balaban J connectivity index is 0.00000280. The zero-order chi connectivity index (χ0) is 19.1. The third-order valence-electron chi connectivity index (χ3n) is 4.90. The zero-order valence-electron chi connectivity index (χ0n) is 17.0. The number of rotatable bonds is 5. The molecular weight excluding hydrogens is 463 g/mol. The number of aliphatic imine (C=N–C) groups is 1. The fourth-order valence-corrected chi connectivity index (χ4v) is 3.25. The predicted molar refractivity (Wildman–Crippen MR) is 127 cm³/mol. The van der Waals surface area contributed by atoms with Gasteiger partial charge in [0.1, 0.15) is 5.82 Å². The number of aromatic nitrogens is 2. The van der Waals surface area contributed by atoms with Gasteiger partial charge in [0.15, 0.2) is 5.96 Å². The minimum absolute atomic E-state index is 0. The van der Waals surface area contributed by atoms with E-state index in [1.165, 1.54) is 11.1 Å². The van der Waals surface area contributed by atoms with Crippen molar-refractivity contribution in [1.29, 1.82) is 0 Å². The molecule has 0 aromatic carbocycles. The number of guanidine groups is 1. The van der Waals surface area contributed by atoms with E-state index < -0.39 is 0 Å². The zero-order valence-corrected chi connectivity index (χ0v) is 19.3. The summed E-state index contributed by atoms with van der Waals surface area (Å²) in [5.74, 6) is 1.94. The van der Waals surface area contributed by atoms with Crippen molar-refractivity contribution in [3.8, 4) is 0 Å². The Kier molecular flexibility index (Phi) is 8.95. The van der Waals surface area contributed by atoms with E-state index in [2.05, 4.69) is 64.5 Å². The topological polar surface area (TPSA) is 65.4 Å². The number of nitrogens with zero attached hydrogens (tertiary/aromatic N) is 4. The van der Waals surface area contributed by atoms with E-state index >= 15 is 0 Å². The summed E-state index contributed by atoms with van der Waals surface area (Å²) >= 11 is 0. The van der Waals surface area contributed by atoms with Gasteiger partial charge in [-0.2, -0.15) is 0 Å². The summed E-state index contributed by atoms with van der Waals surface area (Å²) in [5.41, 5.74) is 3.40. The second-order valence-electron chi connectivity index (χ2n) is 7.06. The summed E-state index contributed by atoms with van der Waals surface area (Å²) < 4.78 is 0. The molecule has 0 bridgehead atoms. The second-order valence-corrected chi connectivity index (χ2v) is 7.06. The lowest BCUT2D eigenvalue weighted by Gasteiger charge is -2.33. The lowest BCUT2D eigenvalue weighted by molar-refractivity contribution is 0.459. The van der Waals surface area contributed by atoms with Gasteiger partial charge in [0.2, 0.25) is 0 Å². The lowest BCUT2D eigenvalue weighted by Crippen LogP contribution is -2.48. The summed E-state index contributed by atoms with van der Waals surface area (Å²) in [5, 5.41) is 6.95. The van der Waals surface area contributed by atoms with E-state index in [0.29, 0.717) is 12.6 Å². The van der Waals surface area contributed by atoms with Crippen molar-refractivity contribution < 1.29 is 0 Å². The SMILES string of the molecule is CCNC(=NCc1ncccc1C)NC1CCN(c2ccc(C)cn2)CC1.I. The Morgan fingerprint density at radius 1 is 1.18 bits per heavy atom. The first-order chi connectivity index (χ1) is 13.2. The molecular formula is C21H31IN6. The summed E-state index contributed by atoms with van der Waals surface area (Å²) in [4.78, 5) is 16.1. The van der Waals surface area contributed by atoms with Crippen molar-refractivity contribution in [2.45, 2.75) is 46.2 Å². The van der Waals surface area contributed by atoms with Crippen molar-refractivity contribution in [3.05, 3.63) is 53.5 Å². The third-order valence-corrected chi connectivity index (χ3v) is 4.90. The number of hydrogen-bond acceptors (Lipinski definition) is 4. The number of aryl methyl sites for hydroxylation is 2. The molecule has 0 atom stereocenters. The Hall–Kier alpha value is -1.90. The molecule has 7 heteroatoms. The van der Waals surface area contributed by atoms with Crippen LogP contribution >= 0.6 is 24.0 Å². The van der Waals surface area contributed by atoms with Crippen LogP contribution in [0.3, 0.4) is 0 Å². The van der Waals surface area contributed by atoms with Crippen LogP contribution < -0.4 is 15.5 Å². The number of pyridine rings is 2. The first-order valence-corrected chi connectivity index (χ1v) is 9.78. The van der Waals surface area contributed by atoms with Crippen LogP contribution in [0.15, 0.2) is 41.7 Å². The van der Waals surface area contributed by atoms with E-state index in [1.807, 2.05) is 18.5 Å². The number of piperidine rings is 1. The maximum absolute atomic E-state index is 4.73. The Morgan fingerprint density at radius 3 is 2.61 bits per heavy atom. The molecule has 28 heavy (non-hydrogen) atoms. The van der Waals surface area contributed by atoms with Crippen LogP contribution in [0.25, 0.3) is 0 Å². The van der Waals surface area contributed by atoms with Gasteiger partial charge in [-0.15, -0.1) is 24.0 Å². The average Bonchev–Trinajstić information content (AvgIpc) is 2.69. The standard InChI is InChI=1S/C21H30N6.HI/c1-4-22-21(25-15-19-17(3)6-5-11-23-19)26-18-9-12-27(13-10-18)20-8-7-16(2)14-24-20;/h5-8,11,14,18H,4,9-10,12-13,15H2,1-3H3,(H2,22,25,26);1H. The number of hydrogen-bond donors (Lipinski definition) is 2. The highest BCUT2D eigenvalue weighted by molar-refractivity contribution is 14.0. The predicted octanol–water partition coefficient (Wildman–Crippen LogP) is 3.44. The second kappa shape index (κ2) is 11.2. The van der Waals surface area contributed by atoms with Crippen LogP contribution in [0.4, 0.5) is 5.82 Å². The van der Waals surface area contributed by atoms with Crippen LogP contribution in [0.5, 0.6) is 0 Å². The van der Waals surface area contributed by atoms with E-state index in [4.69, 9.17) is 4.99 Å². The van der Waals surface area contributed by atoms with E-state index in [9.17, 15) is 0 Å². The number of anilines is 1. The maximum atomic E-state index is 4.73. The molecule has 3 heterocycles. The van der Waals surface area contributed by atoms with Gasteiger partial charge in [-0.05, 0) is 56.9 Å². The molecule has 0 saturated carbocycles. The van der Waals surface area contributed by atoms with Crippen molar-refractivity contribution >= 4 is 35.8 Å². The Labute approximate surface area is 185 Å². The normalized spacial score (nSPS) is 15.1. The van der Waals surface area contributed by atoms with E-state index in [0.717, 1.165) is 49.9 Å². The van der Waals surface area contributed by atoms with Gasteiger partial charge in [0.05, 0.1) is 12.2 Å². The smallest absolute Gasteiger partial charge is 0.191 e. The summed E-state index contributed by atoms with van der Waals surface area (Å²) in [7, 11) is 0. The van der Waals surface area contributed by atoms with Crippen LogP contribution in [-0.4, -0.2) is 41.6 Å². The fourth-order valence-electron chi connectivity index (χ4n) is 3.25. The first kappa shape index (κ1) is 22.4. The highest BCUT2D eigenvalue weighted by atomic mass is 127. The molecule has 2 aromatic rings. The molecule has 0 unspecified atom stereocenters. The molecule has 3 rings (SSSR count). The van der Waals surface area contributed by atoms with E-state index in [1.54, 1.807) is 0 Å². The molecule has 1 fully saturated rings. The molecule has 0 radical (unpaired) electrons. The van der Waals surface area contributed by atoms with Gasteiger partial charge in [0, 0.05) is 38.1 Å². The minimum atomic E-state index is 0. The van der Waals surface area contributed by atoms with Crippen LogP contribution in [-0.2, 0) is 6.54 Å². The monoisotopic (exact) mass is 494 g/mol. The largest absolute Gasteiger partial charge is 0.357 e. The van der Waals surface area contributed by atoms with Gasteiger partial charge in [0.25, 0.3) is 0 Å². The molecule has 152 valence electrons. The molecule has 0 spiro atoms. The lowest BCUT2D eigenvalue weighted by atomic mass is 10.1. The number of nitrogens with one attached hydrogen (secondary N) is 2. The summed E-state index contributed by atoms with van der Waals surface area (Å²) in [6.45, 7) is 9.69. The van der Waals surface area contributed by atoms with Crippen LogP contribution in [0.2, 0.25) is 0 Å². The minimum Gasteiger partial charge on any atom is -0.357 e. The highest BCUT2D eigenvalue weighted by Crippen LogP contribution is 2.18. The fraction of sp³-hybridized carbons (Fsp3) is 0.476. The summed E-state index contributed by atoms with van der Waals surface area (Å²) in [6, 6.07) is 8.70. The Morgan fingerprint density at radius 2 is 1.96 bits per heavy atom. The van der Waals surface area contributed by atoms with Crippen molar-refractivity contribution in [2.75, 3.05) is 24.5 Å². The van der Waals surface area contributed by atoms with Gasteiger partial charge in [-0.3, -0.25) is 4.98 Å². The van der Waals surface area contributed by atoms with E-state index in [-0.39, 0.29) is 24.0 Å². The maximum Gasteiger partial charge on any atom is 0.191 e. The molecule has 6 nitrogen and oxygen atoms in total. The molecule has 2 aromatic heterocycles. The van der Waals surface area contributed by atoms with Gasteiger partial charge in [-0.25, -0.2) is 9.98 Å². The molecule has 2 N–H and O–H groups in total. The molecule has 0 aliphatic carbocycles. The van der Waals surface area contributed by atoms with Gasteiger partial charge >= 0.3 is 0 Å². The molecule has 0 amide bonds. The number of halogens is 1. The van der Waals surface area contributed by atoms with Gasteiger partial charge < -0.3 is 15.5 Å². The average molecular weight is 494 g/mol. The quantitative estimate of drug-likeness (QED) is 0.379. The van der Waals surface area contributed by atoms with Crippen LogP contribution in [0, 0.1) is 13.8 Å².